The van der Waals surface area contributed by atoms with Crippen molar-refractivity contribution in [3.05, 3.63) is 23.8 Å². The Morgan fingerprint density at radius 1 is 1.38 bits per heavy atom. The van der Waals surface area contributed by atoms with Gasteiger partial charge < -0.3 is 5.32 Å². The Bertz CT molecular complexity index is 439. The van der Waals surface area contributed by atoms with Crippen LogP contribution in [0.3, 0.4) is 0 Å². The van der Waals surface area contributed by atoms with Gasteiger partial charge in [-0.25, -0.2) is 0 Å². The van der Waals surface area contributed by atoms with E-state index < -0.39 is 10.1 Å². The molecule has 0 spiro atoms. The molecule has 1 aromatic rings. The predicted molar refractivity (Wildman–Crippen MR) is 48.5 cm³/mol. The fraction of sp³-hybridized carbons (Fsp3) is 0.250. The van der Waals surface area contributed by atoms with Crippen LogP contribution in [0.1, 0.15) is 5.56 Å². The van der Waals surface area contributed by atoms with E-state index in [0.717, 1.165) is 24.2 Å². The number of rotatable bonds is 1. The third kappa shape index (κ3) is 1.52. The fourth-order valence-corrected chi connectivity index (χ4v) is 1.97. The first-order valence-corrected chi connectivity index (χ1v) is 5.36. The Hall–Kier alpha value is -1.07. The summed E-state index contributed by atoms with van der Waals surface area (Å²) in [5, 5.41) is 3.10. The van der Waals surface area contributed by atoms with E-state index in [1.807, 2.05) is 0 Å². The minimum absolute atomic E-state index is 0.0325. The molecule has 0 aromatic heterocycles. The first-order chi connectivity index (χ1) is 6.07. The molecule has 0 saturated heterocycles. The van der Waals surface area contributed by atoms with Gasteiger partial charge in [-0.05, 0) is 30.2 Å². The minimum Gasteiger partial charge on any atom is -0.384 e. The molecule has 1 heterocycles. The molecule has 4 nitrogen and oxygen atoms in total. The lowest BCUT2D eigenvalue weighted by Crippen LogP contribution is -1.98. The Labute approximate surface area is 76.3 Å². The molecule has 1 aromatic carbocycles. The molecule has 0 atom stereocenters. The summed E-state index contributed by atoms with van der Waals surface area (Å²) in [6, 6.07) is 4.57. The van der Waals surface area contributed by atoms with Gasteiger partial charge in [-0.3, -0.25) is 4.55 Å². The van der Waals surface area contributed by atoms with Crippen molar-refractivity contribution in [3.8, 4) is 0 Å². The molecular formula is C8H9NO3S. The van der Waals surface area contributed by atoms with Crippen LogP contribution in [0.25, 0.3) is 0 Å². The number of fused-ring (bicyclic) bond motifs is 1. The second-order valence-electron chi connectivity index (χ2n) is 2.97. The largest absolute Gasteiger partial charge is 0.384 e. The van der Waals surface area contributed by atoms with Crippen molar-refractivity contribution in [3.63, 3.8) is 0 Å². The molecule has 0 amide bonds. The lowest BCUT2D eigenvalue weighted by Gasteiger charge is -2.01. The highest BCUT2D eigenvalue weighted by Gasteiger charge is 2.15. The van der Waals surface area contributed by atoms with Gasteiger partial charge in [-0.15, -0.1) is 0 Å². The van der Waals surface area contributed by atoms with Crippen molar-refractivity contribution in [2.75, 3.05) is 11.9 Å². The van der Waals surface area contributed by atoms with Crippen molar-refractivity contribution in [2.24, 2.45) is 0 Å². The van der Waals surface area contributed by atoms with Gasteiger partial charge in [-0.2, -0.15) is 8.42 Å². The molecule has 5 heteroatoms. The van der Waals surface area contributed by atoms with Crippen molar-refractivity contribution < 1.29 is 13.0 Å². The second-order valence-corrected chi connectivity index (χ2v) is 4.39. The van der Waals surface area contributed by atoms with Gasteiger partial charge in [0.2, 0.25) is 0 Å². The van der Waals surface area contributed by atoms with Gasteiger partial charge in [0.25, 0.3) is 10.1 Å². The van der Waals surface area contributed by atoms with E-state index in [9.17, 15) is 8.42 Å². The Kier molecular flexibility index (Phi) is 1.78. The quantitative estimate of drug-likeness (QED) is 0.659. The summed E-state index contributed by atoms with van der Waals surface area (Å²) in [4.78, 5) is -0.0325. The zero-order chi connectivity index (χ0) is 9.47. The highest BCUT2D eigenvalue weighted by atomic mass is 32.2. The average molecular weight is 199 g/mol. The summed E-state index contributed by atoms with van der Waals surface area (Å²) >= 11 is 0. The van der Waals surface area contributed by atoms with Crippen LogP contribution in [0.15, 0.2) is 23.1 Å². The first-order valence-electron chi connectivity index (χ1n) is 3.92. The first kappa shape index (κ1) is 8.52. The molecule has 0 unspecified atom stereocenters. The summed E-state index contributed by atoms with van der Waals surface area (Å²) in [7, 11) is -4.05. The lowest BCUT2D eigenvalue weighted by atomic mass is 10.2. The second kappa shape index (κ2) is 2.71. The smallest absolute Gasteiger partial charge is 0.294 e. The van der Waals surface area contributed by atoms with Gasteiger partial charge in [0, 0.05) is 12.2 Å². The van der Waals surface area contributed by atoms with Crippen molar-refractivity contribution in [2.45, 2.75) is 11.3 Å². The molecule has 0 saturated carbocycles. The van der Waals surface area contributed by atoms with Gasteiger partial charge >= 0.3 is 0 Å². The normalized spacial score (nSPS) is 15.2. The molecule has 0 bridgehead atoms. The SMILES string of the molecule is O=S(=O)(O)c1ccc2c(c1)CCN2. The number of nitrogens with one attached hydrogen (secondary N) is 1. The number of hydrogen-bond donors (Lipinski definition) is 2. The number of benzene rings is 1. The molecule has 1 aliphatic rings. The standard InChI is InChI=1S/C8H9NO3S/c10-13(11,12)7-1-2-8-6(5-7)3-4-9-8/h1-2,5,9H,3-4H2,(H,10,11,12). The summed E-state index contributed by atoms with van der Waals surface area (Å²) in [6.07, 6.45) is 0.804. The van der Waals surface area contributed by atoms with Crippen LogP contribution in [0.2, 0.25) is 0 Å². The number of anilines is 1. The van der Waals surface area contributed by atoms with Crippen LogP contribution in [-0.2, 0) is 16.5 Å². The summed E-state index contributed by atoms with van der Waals surface area (Å²) < 4.78 is 30.3. The molecule has 70 valence electrons. The van der Waals surface area contributed by atoms with Crippen LogP contribution in [0.5, 0.6) is 0 Å². The molecule has 2 N–H and O–H groups in total. The van der Waals surface area contributed by atoms with E-state index in [4.69, 9.17) is 4.55 Å². The topological polar surface area (TPSA) is 66.4 Å². The van der Waals surface area contributed by atoms with E-state index in [-0.39, 0.29) is 4.90 Å². The van der Waals surface area contributed by atoms with Gasteiger partial charge in [0.15, 0.2) is 0 Å². The van der Waals surface area contributed by atoms with Crippen LogP contribution in [-0.4, -0.2) is 19.5 Å². The summed E-state index contributed by atoms with van der Waals surface area (Å²) in [5.41, 5.74) is 1.89. The van der Waals surface area contributed by atoms with E-state index in [1.165, 1.54) is 12.1 Å². The van der Waals surface area contributed by atoms with Crippen molar-refractivity contribution >= 4 is 15.8 Å². The summed E-state index contributed by atoms with van der Waals surface area (Å²) in [6.45, 7) is 0.824. The van der Waals surface area contributed by atoms with Crippen molar-refractivity contribution in [1.29, 1.82) is 0 Å². The van der Waals surface area contributed by atoms with Crippen LogP contribution in [0.4, 0.5) is 5.69 Å². The predicted octanol–water partition coefficient (Wildman–Crippen LogP) is 0.901. The maximum Gasteiger partial charge on any atom is 0.294 e. The molecule has 2 rings (SSSR count). The van der Waals surface area contributed by atoms with E-state index >= 15 is 0 Å². The fourth-order valence-electron chi connectivity index (χ4n) is 1.44. The third-order valence-corrected chi connectivity index (χ3v) is 2.93. The lowest BCUT2D eigenvalue weighted by molar-refractivity contribution is 0.483. The molecule has 0 fully saturated rings. The highest BCUT2D eigenvalue weighted by molar-refractivity contribution is 7.85. The Balaban J connectivity index is 2.54. The molecule has 13 heavy (non-hydrogen) atoms. The van der Waals surface area contributed by atoms with E-state index in [0.29, 0.717) is 0 Å². The molecule has 0 aliphatic carbocycles. The van der Waals surface area contributed by atoms with Gasteiger partial charge in [-0.1, -0.05) is 0 Å². The van der Waals surface area contributed by atoms with Crippen LogP contribution in [0, 0.1) is 0 Å². The summed E-state index contributed by atoms with van der Waals surface area (Å²) in [5.74, 6) is 0. The minimum atomic E-state index is -4.05. The number of hydrogen-bond acceptors (Lipinski definition) is 3. The average Bonchev–Trinajstić information content (AvgIpc) is 2.47. The molecular weight excluding hydrogens is 190 g/mol. The third-order valence-electron chi connectivity index (χ3n) is 2.08. The Morgan fingerprint density at radius 2 is 2.15 bits per heavy atom. The maximum absolute atomic E-state index is 10.8. The van der Waals surface area contributed by atoms with E-state index in [1.54, 1.807) is 6.07 Å². The van der Waals surface area contributed by atoms with E-state index in [2.05, 4.69) is 5.32 Å². The van der Waals surface area contributed by atoms with Crippen LogP contribution < -0.4 is 5.32 Å². The molecule has 1 aliphatic heterocycles. The highest BCUT2D eigenvalue weighted by Crippen LogP contribution is 2.24. The Morgan fingerprint density at radius 3 is 2.85 bits per heavy atom. The van der Waals surface area contributed by atoms with Crippen molar-refractivity contribution in [1.82, 2.24) is 0 Å². The molecule has 0 radical (unpaired) electrons. The van der Waals surface area contributed by atoms with Crippen LogP contribution >= 0.6 is 0 Å². The maximum atomic E-state index is 10.8. The zero-order valence-corrected chi connectivity index (χ0v) is 7.63. The zero-order valence-electron chi connectivity index (χ0n) is 6.82. The van der Waals surface area contributed by atoms with Gasteiger partial charge in [0.1, 0.15) is 0 Å². The monoisotopic (exact) mass is 199 g/mol. The van der Waals surface area contributed by atoms with Gasteiger partial charge in [0.05, 0.1) is 4.90 Å².